The molecule has 0 saturated carbocycles. The Morgan fingerprint density at radius 3 is 1.98 bits per heavy atom. The largest absolute Gasteiger partial charge is 0.506 e. The molecular weight excluding hydrogens is 651 g/mol. The van der Waals surface area contributed by atoms with E-state index in [4.69, 9.17) is 0 Å². The molecule has 0 aliphatic carbocycles. The lowest BCUT2D eigenvalue weighted by molar-refractivity contribution is 0.473. The van der Waals surface area contributed by atoms with Crippen LogP contribution in [0.3, 0.4) is 0 Å². The predicted octanol–water partition coefficient (Wildman–Crippen LogP) is 6.00. The maximum Gasteiger partial charge on any atom is 0.296 e. The molecule has 0 aliphatic heterocycles. The van der Waals surface area contributed by atoms with Crippen molar-refractivity contribution in [2.24, 2.45) is 20.5 Å². The van der Waals surface area contributed by atoms with Crippen molar-refractivity contribution in [1.29, 1.82) is 0 Å². The number of phenols is 2. The highest BCUT2D eigenvalue weighted by molar-refractivity contribution is 7.91. The Bertz CT molecular complexity index is 2220. The summed E-state index contributed by atoms with van der Waals surface area (Å²) >= 11 is 0. The Balaban J connectivity index is 1.83. The van der Waals surface area contributed by atoms with Crippen molar-refractivity contribution in [3.63, 3.8) is 0 Å². The van der Waals surface area contributed by atoms with Gasteiger partial charge in [-0.2, -0.15) is 16.8 Å². The number of anilines is 1. The van der Waals surface area contributed by atoms with Gasteiger partial charge in [-0.05, 0) is 67.4 Å². The van der Waals surface area contributed by atoms with Crippen LogP contribution >= 0.6 is 0 Å². The average Bonchev–Trinajstić information content (AvgIpc) is 2.95. The number of fused-ring (bicyclic) bond motifs is 1. The zero-order valence-corrected chi connectivity index (χ0v) is 26.3. The van der Waals surface area contributed by atoms with Gasteiger partial charge in [-0.1, -0.05) is 13.0 Å². The minimum atomic E-state index is -4.69. The Kier molecular flexibility index (Phi) is 9.27. The Morgan fingerprint density at radius 2 is 1.33 bits per heavy atom. The third-order valence-corrected chi connectivity index (χ3v) is 9.73. The maximum absolute atomic E-state index is 12.3. The van der Waals surface area contributed by atoms with Crippen LogP contribution in [0, 0.1) is 13.8 Å². The van der Waals surface area contributed by atoms with E-state index in [1.165, 1.54) is 62.4 Å². The number of rotatable bonds is 10. The highest BCUT2D eigenvalue weighted by atomic mass is 32.2. The normalized spacial score (nSPS) is 12.8. The summed E-state index contributed by atoms with van der Waals surface area (Å²) in [6, 6.07) is 11.9. The van der Waals surface area contributed by atoms with E-state index in [-0.39, 0.29) is 49.9 Å². The molecule has 4 rings (SSSR count). The molecule has 4 aromatic rings. The Hall–Kier alpha value is -4.49. The van der Waals surface area contributed by atoms with E-state index >= 15 is 0 Å². The van der Waals surface area contributed by atoms with Gasteiger partial charge in [-0.15, -0.1) is 20.5 Å². The number of hydrogen-bond donors (Lipinski definition) is 5. The van der Waals surface area contributed by atoms with E-state index in [9.17, 15) is 44.6 Å². The van der Waals surface area contributed by atoms with Gasteiger partial charge in [0.25, 0.3) is 20.2 Å². The van der Waals surface area contributed by atoms with Crippen LogP contribution in [0.4, 0.5) is 28.4 Å². The van der Waals surface area contributed by atoms with Gasteiger partial charge in [0.1, 0.15) is 39.3 Å². The minimum Gasteiger partial charge on any atom is -0.506 e. The molecule has 18 heteroatoms. The number of nitrogens with zero attached hydrogens (tertiary/aromatic N) is 4. The molecule has 5 N–H and O–H groups in total. The summed E-state index contributed by atoms with van der Waals surface area (Å²) in [5, 5.41) is 40.2. The van der Waals surface area contributed by atoms with E-state index in [2.05, 4.69) is 25.8 Å². The van der Waals surface area contributed by atoms with Crippen LogP contribution in [-0.2, 0) is 30.1 Å². The van der Waals surface area contributed by atoms with Crippen molar-refractivity contribution in [3.05, 3.63) is 65.7 Å². The molecule has 15 nitrogen and oxygen atoms in total. The van der Waals surface area contributed by atoms with Gasteiger partial charge in [0.15, 0.2) is 15.6 Å². The van der Waals surface area contributed by atoms with Crippen LogP contribution in [0.25, 0.3) is 10.8 Å². The van der Waals surface area contributed by atoms with Crippen LogP contribution in [0.15, 0.2) is 84.8 Å². The maximum atomic E-state index is 12.3. The summed E-state index contributed by atoms with van der Waals surface area (Å²) in [6.07, 6.45) is 0. The topological polar surface area (TPSA) is 245 Å². The fraction of sp³-hybridized carbons (Fsp3) is 0.185. The predicted molar refractivity (Wildman–Crippen MR) is 166 cm³/mol. The highest BCUT2D eigenvalue weighted by Gasteiger charge is 2.20. The van der Waals surface area contributed by atoms with Gasteiger partial charge in [-0.25, -0.2) is 8.42 Å². The SMILES string of the molecule is CCS(=O)(=O)c1cc(O)c(N=Nc2ccc3c(N=Nc4ccc(C)cc4S(=O)(=O)O)c(NCS(=O)(=O)O)ccc3c2O)cc1C. The second-order valence-electron chi connectivity index (χ2n) is 9.75. The van der Waals surface area contributed by atoms with Crippen LogP contribution < -0.4 is 5.32 Å². The quantitative estimate of drug-likeness (QED) is 0.0962. The monoisotopic (exact) mass is 677 g/mol. The first-order chi connectivity index (χ1) is 20.9. The van der Waals surface area contributed by atoms with Crippen molar-refractivity contribution in [2.75, 3.05) is 16.9 Å². The van der Waals surface area contributed by atoms with Crippen LogP contribution in [0.2, 0.25) is 0 Å². The first kappa shape index (κ1) is 33.4. The molecule has 0 saturated heterocycles. The summed E-state index contributed by atoms with van der Waals surface area (Å²) < 4.78 is 90.1. The number of azo groups is 2. The second kappa shape index (κ2) is 12.5. The lowest BCUT2D eigenvalue weighted by atomic mass is 10.1. The van der Waals surface area contributed by atoms with E-state index in [1.807, 2.05) is 0 Å². The van der Waals surface area contributed by atoms with Crippen LogP contribution in [-0.4, -0.2) is 56.2 Å². The third-order valence-electron chi connectivity index (χ3n) is 6.47. The van der Waals surface area contributed by atoms with Crippen molar-refractivity contribution in [1.82, 2.24) is 0 Å². The van der Waals surface area contributed by atoms with Gasteiger partial charge in [0, 0.05) is 16.8 Å². The van der Waals surface area contributed by atoms with E-state index in [0.29, 0.717) is 11.1 Å². The van der Waals surface area contributed by atoms with Gasteiger partial charge >= 0.3 is 0 Å². The van der Waals surface area contributed by atoms with E-state index in [0.717, 1.165) is 6.07 Å². The van der Waals surface area contributed by atoms with Gasteiger partial charge < -0.3 is 15.5 Å². The van der Waals surface area contributed by atoms with Crippen LogP contribution in [0.5, 0.6) is 11.5 Å². The lowest BCUT2D eigenvalue weighted by Gasteiger charge is -2.12. The molecule has 45 heavy (non-hydrogen) atoms. The fourth-order valence-electron chi connectivity index (χ4n) is 4.22. The summed E-state index contributed by atoms with van der Waals surface area (Å²) in [5.41, 5.74) is 0.436. The number of aryl methyl sites for hydroxylation is 2. The van der Waals surface area contributed by atoms with Crippen molar-refractivity contribution in [3.8, 4) is 11.5 Å². The van der Waals surface area contributed by atoms with Crippen molar-refractivity contribution >= 4 is 69.3 Å². The molecule has 0 amide bonds. The molecule has 0 spiro atoms. The van der Waals surface area contributed by atoms with Gasteiger partial charge in [-0.3, -0.25) is 9.11 Å². The summed E-state index contributed by atoms with van der Waals surface area (Å²) in [5.74, 6) is -1.94. The van der Waals surface area contributed by atoms with E-state index in [1.54, 1.807) is 6.92 Å². The molecule has 0 radical (unpaired) electrons. The smallest absolute Gasteiger partial charge is 0.296 e. The average molecular weight is 678 g/mol. The molecule has 0 atom stereocenters. The zero-order chi connectivity index (χ0) is 33.3. The number of benzene rings is 4. The summed E-state index contributed by atoms with van der Waals surface area (Å²) in [4.78, 5) is -0.576. The van der Waals surface area contributed by atoms with E-state index < -0.39 is 52.3 Å². The number of sulfone groups is 1. The molecule has 4 aromatic carbocycles. The minimum absolute atomic E-state index is 0.0284. The van der Waals surface area contributed by atoms with Gasteiger partial charge in [0.2, 0.25) is 0 Å². The highest BCUT2D eigenvalue weighted by Crippen LogP contribution is 2.44. The van der Waals surface area contributed by atoms with Crippen molar-refractivity contribution < 1.29 is 44.6 Å². The van der Waals surface area contributed by atoms with Crippen LogP contribution in [0.1, 0.15) is 18.1 Å². The standard InChI is InChI=1S/C27H27N5O10S3/c1-4-43(35,36)24-13-23(33)22(12-16(24)3)31-30-21-10-6-17-18(27(21)34)7-9-20(28-14-44(37,38)39)26(17)32-29-19-8-5-15(2)11-25(19)45(40,41)42/h5-13,28,33-34H,4,14H2,1-3H3,(H,37,38,39)(H,40,41,42). The Morgan fingerprint density at radius 1 is 0.711 bits per heavy atom. The summed E-state index contributed by atoms with van der Waals surface area (Å²) in [7, 11) is -12.8. The number of hydrogen-bond acceptors (Lipinski definition) is 13. The molecule has 238 valence electrons. The molecule has 0 aromatic heterocycles. The number of aromatic hydroxyl groups is 2. The zero-order valence-electron chi connectivity index (χ0n) is 23.9. The Labute approximate surface area is 258 Å². The third kappa shape index (κ3) is 7.60. The first-order valence-electron chi connectivity index (χ1n) is 12.9. The molecule has 0 bridgehead atoms. The molecule has 0 unspecified atom stereocenters. The van der Waals surface area contributed by atoms with Gasteiger partial charge in [0.05, 0.1) is 16.3 Å². The lowest BCUT2D eigenvalue weighted by Crippen LogP contribution is -2.13. The first-order valence-corrected chi connectivity index (χ1v) is 17.6. The molecular formula is C27H27N5O10S3. The summed E-state index contributed by atoms with van der Waals surface area (Å²) in [6.45, 7) is 4.61. The molecule has 0 heterocycles. The van der Waals surface area contributed by atoms with Crippen molar-refractivity contribution in [2.45, 2.75) is 30.6 Å². The second-order valence-corrected chi connectivity index (χ2v) is 14.8. The fourth-order valence-corrected chi connectivity index (χ4v) is 6.41. The molecule has 0 fully saturated rings. The number of nitrogens with one attached hydrogen (secondary N) is 1. The number of phenolic OH excluding ortho intramolecular Hbond substituents is 2. The molecule has 0 aliphatic rings.